The summed E-state index contributed by atoms with van der Waals surface area (Å²) >= 11 is 0. The number of ether oxygens (including phenoxy) is 2. The van der Waals surface area contributed by atoms with Crippen molar-refractivity contribution in [3.63, 3.8) is 0 Å². The maximum atomic E-state index is 9.52. The van der Waals surface area contributed by atoms with Gasteiger partial charge in [0, 0.05) is 0 Å². The molecule has 0 aromatic carbocycles. The van der Waals surface area contributed by atoms with Crippen LogP contribution in [-0.2, 0) is 14.4 Å². The molecule has 1 atom stereocenters. The van der Waals surface area contributed by atoms with E-state index in [1.807, 2.05) is 0 Å². The van der Waals surface area contributed by atoms with E-state index in [2.05, 4.69) is 13.8 Å². The van der Waals surface area contributed by atoms with Crippen LogP contribution in [0.4, 0.5) is 0 Å². The minimum atomic E-state index is 0.0314. The van der Waals surface area contributed by atoms with Crippen LogP contribution >= 0.6 is 0 Å². The number of hydrogen-bond donors (Lipinski definition) is 1. The van der Waals surface area contributed by atoms with Crippen LogP contribution in [0.1, 0.15) is 90.9 Å². The van der Waals surface area contributed by atoms with Crippen molar-refractivity contribution in [2.75, 3.05) is 6.79 Å². The molecule has 4 heteroatoms. The van der Waals surface area contributed by atoms with Crippen LogP contribution in [0.3, 0.4) is 0 Å². The fourth-order valence-corrected chi connectivity index (χ4v) is 5.38. The Morgan fingerprint density at radius 1 is 0.654 bits per heavy atom. The lowest BCUT2D eigenvalue weighted by Gasteiger charge is -2.38. The van der Waals surface area contributed by atoms with E-state index in [4.69, 9.17) is 14.4 Å². The van der Waals surface area contributed by atoms with Gasteiger partial charge in [0.1, 0.15) is 6.79 Å². The van der Waals surface area contributed by atoms with Gasteiger partial charge in [-0.05, 0) is 87.9 Å². The van der Waals surface area contributed by atoms with Crippen molar-refractivity contribution in [3.8, 4) is 0 Å². The summed E-state index contributed by atoms with van der Waals surface area (Å²) < 4.78 is 12.0. The highest BCUT2D eigenvalue weighted by Crippen LogP contribution is 2.39. The summed E-state index contributed by atoms with van der Waals surface area (Å²) in [6.45, 7) is 5.13. The molecule has 0 spiro atoms. The first-order chi connectivity index (χ1) is 12.7. The van der Waals surface area contributed by atoms with E-state index in [-0.39, 0.29) is 6.10 Å². The highest BCUT2D eigenvalue weighted by atomic mass is 17.1. The predicted molar refractivity (Wildman–Crippen MR) is 103 cm³/mol. The molecule has 0 aliphatic heterocycles. The van der Waals surface area contributed by atoms with Gasteiger partial charge in [-0.2, -0.15) is 0 Å². The van der Waals surface area contributed by atoms with E-state index in [0.29, 0.717) is 30.8 Å². The lowest BCUT2D eigenvalue weighted by atomic mass is 9.73. The summed E-state index contributed by atoms with van der Waals surface area (Å²) in [5.41, 5.74) is 0. The summed E-state index contributed by atoms with van der Waals surface area (Å²) in [6.07, 6.45) is 15.0. The zero-order valence-electron chi connectivity index (χ0n) is 16.9. The largest absolute Gasteiger partial charge is 0.352 e. The van der Waals surface area contributed by atoms with Gasteiger partial charge >= 0.3 is 0 Å². The summed E-state index contributed by atoms with van der Waals surface area (Å²) in [4.78, 5) is 5.00. The van der Waals surface area contributed by atoms with E-state index in [0.717, 1.165) is 37.5 Å². The summed E-state index contributed by atoms with van der Waals surface area (Å²) in [7, 11) is 0. The van der Waals surface area contributed by atoms with Crippen molar-refractivity contribution in [3.05, 3.63) is 0 Å². The lowest BCUT2D eigenvalue weighted by molar-refractivity contribution is -0.307. The van der Waals surface area contributed by atoms with Crippen molar-refractivity contribution in [2.24, 2.45) is 23.7 Å². The third kappa shape index (κ3) is 5.92. The Labute approximate surface area is 159 Å². The smallest absolute Gasteiger partial charge is 0.147 e. The molecule has 3 rings (SSSR count). The van der Waals surface area contributed by atoms with Crippen LogP contribution in [0, 0.1) is 23.7 Å². The van der Waals surface area contributed by atoms with Crippen LogP contribution in [-0.4, -0.2) is 30.4 Å². The molecule has 0 bridgehead atoms. The Balaban J connectivity index is 1.33. The average Bonchev–Trinajstić information content (AvgIpc) is 2.67. The predicted octanol–water partition coefficient (Wildman–Crippen LogP) is 5.80. The second-order valence-corrected chi connectivity index (χ2v) is 9.46. The monoisotopic (exact) mass is 368 g/mol. The average molecular weight is 369 g/mol. The summed E-state index contributed by atoms with van der Waals surface area (Å²) in [5, 5.41) is 9.52. The van der Waals surface area contributed by atoms with Gasteiger partial charge < -0.3 is 9.47 Å². The Bertz CT molecular complexity index is 378. The first-order valence-electron chi connectivity index (χ1n) is 11.2. The molecule has 1 unspecified atom stereocenters. The van der Waals surface area contributed by atoms with Gasteiger partial charge in [0.25, 0.3) is 0 Å². The highest BCUT2D eigenvalue weighted by molar-refractivity contribution is 4.85. The topological polar surface area (TPSA) is 47.9 Å². The molecule has 0 aromatic rings. The zero-order valence-corrected chi connectivity index (χ0v) is 16.9. The van der Waals surface area contributed by atoms with Gasteiger partial charge in [-0.25, -0.2) is 4.89 Å². The first-order valence-corrected chi connectivity index (χ1v) is 11.2. The molecule has 26 heavy (non-hydrogen) atoms. The molecule has 3 saturated carbocycles. The van der Waals surface area contributed by atoms with E-state index < -0.39 is 0 Å². The van der Waals surface area contributed by atoms with Crippen molar-refractivity contribution in [1.82, 2.24) is 0 Å². The van der Waals surface area contributed by atoms with Crippen LogP contribution in [0.2, 0.25) is 0 Å². The van der Waals surface area contributed by atoms with Crippen molar-refractivity contribution in [2.45, 2.75) is 109 Å². The minimum absolute atomic E-state index is 0.0314. The molecule has 152 valence electrons. The molecule has 3 aliphatic carbocycles. The fraction of sp³-hybridized carbons (Fsp3) is 1.00. The molecule has 1 N–H and O–H groups in total. The Kier molecular flexibility index (Phi) is 8.23. The third-order valence-corrected chi connectivity index (χ3v) is 7.40. The van der Waals surface area contributed by atoms with Crippen molar-refractivity contribution in [1.29, 1.82) is 0 Å². The highest BCUT2D eigenvalue weighted by Gasteiger charge is 2.35. The van der Waals surface area contributed by atoms with Crippen LogP contribution in [0.15, 0.2) is 0 Å². The fourth-order valence-electron chi connectivity index (χ4n) is 5.38. The summed E-state index contributed by atoms with van der Waals surface area (Å²) in [6, 6.07) is 0. The second kappa shape index (κ2) is 10.4. The molecule has 0 heterocycles. The number of rotatable bonds is 7. The standard InChI is InChI=1S/C22H40O4/c1-16-3-7-18(8-4-16)22(26-23)19-9-13-21(14-10-19)25-15-24-20-11-5-17(2)6-12-20/h16-23H,3-15H2,1-2H3. The zero-order chi connectivity index (χ0) is 18.4. The molecule has 0 amide bonds. The van der Waals surface area contributed by atoms with E-state index >= 15 is 0 Å². The van der Waals surface area contributed by atoms with Gasteiger partial charge in [0.05, 0.1) is 18.3 Å². The van der Waals surface area contributed by atoms with Gasteiger partial charge in [0.2, 0.25) is 0 Å². The molecule has 0 saturated heterocycles. The molecular formula is C22H40O4. The first kappa shape index (κ1) is 20.6. The van der Waals surface area contributed by atoms with E-state index in [1.165, 1.54) is 51.4 Å². The van der Waals surface area contributed by atoms with Crippen LogP contribution < -0.4 is 0 Å². The van der Waals surface area contributed by atoms with Gasteiger partial charge in [-0.3, -0.25) is 5.26 Å². The molecular weight excluding hydrogens is 328 g/mol. The maximum absolute atomic E-state index is 9.52. The Morgan fingerprint density at radius 2 is 1.04 bits per heavy atom. The summed E-state index contributed by atoms with van der Waals surface area (Å²) in [5.74, 6) is 2.72. The van der Waals surface area contributed by atoms with Gasteiger partial charge in [0.15, 0.2) is 0 Å². The maximum Gasteiger partial charge on any atom is 0.147 e. The van der Waals surface area contributed by atoms with Gasteiger partial charge in [-0.1, -0.05) is 26.7 Å². The van der Waals surface area contributed by atoms with Crippen molar-refractivity contribution >= 4 is 0 Å². The van der Waals surface area contributed by atoms with Gasteiger partial charge in [-0.15, -0.1) is 0 Å². The molecule has 3 fully saturated rings. The van der Waals surface area contributed by atoms with E-state index in [1.54, 1.807) is 0 Å². The molecule has 0 radical (unpaired) electrons. The molecule has 4 nitrogen and oxygen atoms in total. The molecule has 3 aliphatic rings. The van der Waals surface area contributed by atoms with Crippen molar-refractivity contribution < 1.29 is 19.6 Å². The Morgan fingerprint density at radius 3 is 1.50 bits per heavy atom. The van der Waals surface area contributed by atoms with E-state index in [9.17, 15) is 5.26 Å². The quantitative estimate of drug-likeness (QED) is 0.350. The molecule has 0 aromatic heterocycles. The normalized spacial score (nSPS) is 40.3. The lowest BCUT2D eigenvalue weighted by Crippen LogP contribution is -2.37. The van der Waals surface area contributed by atoms with Crippen LogP contribution in [0.25, 0.3) is 0 Å². The SMILES string of the molecule is CC1CCC(OCOC2CCC(C(OO)C3CCC(C)CC3)CC2)CC1. The minimum Gasteiger partial charge on any atom is -0.352 e. The third-order valence-electron chi connectivity index (χ3n) is 7.40. The second-order valence-electron chi connectivity index (χ2n) is 9.46. The Hall–Kier alpha value is -0.160. The number of hydrogen-bond acceptors (Lipinski definition) is 4. The van der Waals surface area contributed by atoms with Crippen LogP contribution in [0.5, 0.6) is 0 Å².